The number of aliphatic imine (C=N–C) groups is 1. The third-order valence-corrected chi connectivity index (χ3v) is 2.04. The smallest absolute Gasteiger partial charge is 0.216 e. The van der Waals surface area contributed by atoms with Crippen molar-refractivity contribution in [3.8, 4) is 5.75 Å². The molecule has 1 aromatic carbocycles. The monoisotopic (exact) mass is 193 g/mol. The summed E-state index contributed by atoms with van der Waals surface area (Å²) in [5.41, 5.74) is 0.818. The van der Waals surface area contributed by atoms with Crippen molar-refractivity contribution >= 4 is 5.90 Å². The van der Waals surface area contributed by atoms with Gasteiger partial charge in [-0.05, 0) is 24.3 Å². The minimum Gasteiger partial charge on any atom is -0.508 e. The van der Waals surface area contributed by atoms with Gasteiger partial charge in [0.2, 0.25) is 5.90 Å². The van der Waals surface area contributed by atoms with Gasteiger partial charge < -0.3 is 14.9 Å². The van der Waals surface area contributed by atoms with Gasteiger partial charge in [-0.2, -0.15) is 0 Å². The number of hydrogen-bond acceptors (Lipinski definition) is 4. The first kappa shape index (κ1) is 9.02. The molecule has 0 saturated carbocycles. The molecular formula is C10H11NO3. The molecule has 0 saturated heterocycles. The fourth-order valence-corrected chi connectivity index (χ4v) is 1.27. The molecule has 0 aliphatic carbocycles. The summed E-state index contributed by atoms with van der Waals surface area (Å²) >= 11 is 0. The molecule has 0 spiro atoms. The van der Waals surface area contributed by atoms with Crippen LogP contribution in [0.2, 0.25) is 0 Å². The summed E-state index contributed by atoms with van der Waals surface area (Å²) in [5.74, 6) is 0.745. The van der Waals surface area contributed by atoms with Crippen molar-refractivity contribution in [3.05, 3.63) is 29.8 Å². The van der Waals surface area contributed by atoms with E-state index in [1.165, 1.54) is 0 Å². The first-order valence-corrected chi connectivity index (χ1v) is 4.40. The van der Waals surface area contributed by atoms with Gasteiger partial charge in [-0.15, -0.1) is 0 Å². The molecule has 0 bridgehead atoms. The Labute approximate surface area is 81.5 Å². The molecule has 2 N–H and O–H groups in total. The molecule has 1 aromatic rings. The molecule has 0 aromatic heterocycles. The first-order valence-electron chi connectivity index (χ1n) is 4.40. The average molecular weight is 193 g/mol. The first-order chi connectivity index (χ1) is 6.79. The van der Waals surface area contributed by atoms with Crippen LogP contribution in [0.4, 0.5) is 0 Å². The third-order valence-electron chi connectivity index (χ3n) is 2.04. The number of phenolic OH excluding ortho intramolecular Hbond substituents is 1. The van der Waals surface area contributed by atoms with E-state index in [4.69, 9.17) is 14.9 Å². The molecule has 1 aliphatic heterocycles. The lowest BCUT2D eigenvalue weighted by Gasteiger charge is -2.00. The summed E-state index contributed by atoms with van der Waals surface area (Å²) in [6.45, 7) is 0.425. The highest BCUT2D eigenvalue weighted by atomic mass is 16.5. The van der Waals surface area contributed by atoms with Gasteiger partial charge in [-0.3, -0.25) is 0 Å². The molecule has 0 unspecified atom stereocenters. The molecule has 0 fully saturated rings. The maximum Gasteiger partial charge on any atom is 0.216 e. The number of rotatable bonds is 2. The van der Waals surface area contributed by atoms with Crippen LogP contribution in [0.25, 0.3) is 0 Å². The van der Waals surface area contributed by atoms with Gasteiger partial charge in [0.15, 0.2) is 0 Å². The minimum atomic E-state index is -0.154. The van der Waals surface area contributed by atoms with Crippen LogP contribution < -0.4 is 0 Å². The summed E-state index contributed by atoms with van der Waals surface area (Å²) in [6, 6.07) is 6.46. The Balaban J connectivity index is 2.20. The second-order valence-electron chi connectivity index (χ2n) is 3.13. The molecule has 4 nitrogen and oxygen atoms in total. The van der Waals surface area contributed by atoms with Gasteiger partial charge in [-0.25, -0.2) is 4.99 Å². The van der Waals surface area contributed by atoms with E-state index < -0.39 is 0 Å². The lowest BCUT2D eigenvalue weighted by molar-refractivity contribution is 0.227. The molecule has 1 aliphatic rings. The summed E-state index contributed by atoms with van der Waals surface area (Å²) in [6.07, 6.45) is 0. The van der Waals surface area contributed by atoms with Gasteiger partial charge in [0.25, 0.3) is 0 Å². The van der Waals surface area contributed by atoms with Gasteiger partial charge in [-0.1, -0.05) is 0 Å². The number of ether oxygens (including phenoxy) is 1. The van der Waals surface area contributed by atoms with Crippen LogP contribution in [0, 0.1) is 0 Å². The summed E-state index contributed by atoms with van der Waals surface area (Å²) in [5, 5.41) is 17.9. The topological polar surface area (TPSA) is 62.0 Å². The third kappa shape index (κ3) is 1.70. The Morgan fingerprint density at radius 1 is 1.36 bits per heavy atom. The molecule has 2 rings (SSSR count). The molecule has 74 valence electrons. The molecule has 14 heavy (non-hydrogen) atoms. The van der Waals surface area contributed by atoms with Gasteiger partial charge in [0.1, 0.15) is 18.4 Å². The lowest BCUT2D eigenvalue weighted by Crippen LogP contribution is -2.10. The van der Waals surface area contributed by atoms with Gasteiger partial charge in [0.05, 0.1) is 6.61 Å². The molecular weight excluding hydrogens is 182 g/mol. The van der Waals surface area contributed by atoms with Crippen molar-refractivity contribution in [2.45, 2.75) is 6.04 Å². The highest BCUT2D eigenvalue weighted by Crippen LogP contribution is 2.15. The molecule has 1 heterocycles. The molecule has 0 radical (unpaired) electrons. The standard InChI is InChI=1S/C10H11NO3/c12-5-8-6-14-10(11-8)7-1-3-9(13)4-2-7/h1-4,8,12-13H,5-6H2/t8-/m0/s1. The Kier molecular flexibility index (Phi) is 2.37. The normalized spacial score (nSPS) is 20.4. The van der Waals surface area contributed by atoms with Crippen LogP contribution in [0.3, 0.4) is 0 Å². The number of aliphatic hydroxyl groups excluding tert-OH is 1. The van der Waals surface area contributed by atoms with E-state index >= 15 is 0 Å². The lowest BCUT2D eigenvalue weighted by atomic mass is 10.2. The van der Waals surface area contributed by atoms with Crippen molar-refractivity contribution in [2.24, 2.45) is 4.99 Å². The van der Waals surface area contributed by atoms with Crippen molar-refractivity contribution in [2.75, 3.05) is 13.2 Å². The van der Waals surface area contributed by atoms with Crippen molar-refractivity contribution in [3.63, 3.8) is 0 Å². The highest BCUT2D eigenvalue weighted by molar-refractivity contribution is 5.95. The zero-order chi connectivity index (χ0) is 9.97. The van der Waals surface area contributed by atoms with Crippen molar-refractivity contribution in [1.29, 1.82) is 0 Å². The number of benzene rings is 1. The number of nitrogens with zero attached hydrogens (tertiary/aromatic N) is 1. The number of phenols is 1. The van der Waals surface area contributed by atoms with Gasteiger partial charge in [0, 0.05) is 5.56 Å². The van der Waals surface area contributed by atoms with Crippen LogP contribution in [-0.4, -0.2) is 35.4 Å². The second-order valence-corrected chi connectivity index (χ2v) is 3.13. The fraction of sp³-hybridized carbons (Fsp3) is 0.300. The number of aliphatic hydroxyl groups is 1. The Bertz CT molecular complexity index is 345. The number of hydrogen-bond donors (Lipinski definition) is 2. The van der Waals surface area contributed by atoms with E-state index in [2.05, 4.69) is 4.99 Å². The zero-order valence-electron chi connectivity index (χ0n) is 7.55. The second kappa shape index (κ2) is 3.67. The Morgan fingerprint density at radius 2 is 2.07 bits per heavy atom. The maximum atomic E-state index is 9.08. The predicted octanol–water partition coefficient (Wildman–Crippen LogP) is 0.530. The van der Waals surface area contributed by atoms with E-state index in [0.717, 1.165) is 5.56 Å². The van der Waals surface area contributed by atoms with Crippen LogP contribution in [-0.2, 0) is 4.74 Å². The molecule has 0 amide bonds. The van der Waals surface area contributed by atoms with Crippen LogP contribution in [0.5, 0.6) is 5.75 Å². The molecule has 1 atom stereocenters. The van der Waals surface area contributed by atoms with E-state index in [9.17, 15) is 0 Å². The summed E-state index contributed by atoms with van der Waals surface area (Å²) in [4.78, 5) is 4.17. The zero-order valence-corrected chi connectivity index (χ0v) is 7.55. The van der Waals surface area contributed by atoms with E-state index in [1.807, 2.05) is 0 Å². The SMILES string of the molecule is OC[C@H]1COC(c2ccc(O)cc2)=N1. The summed E-state index contributed by atoms with van der Waals surface area (Å²) < 4.78 is 5.29. The fourth-order valence-electron chi connectivity index (χ4n) is 1.27. The Morgan fingerprint density at radius 3 is 2.64 bits per heavy atom. The van der Waals surface area contributed by atoms with Crippen LogP contribution >= 0.6 is 0 Å². The van der Waals surface area contributed by atoms with E-state index in [-0.39, 0.29) is 18.4 Å². The van der Waals surface area contributed by atoms with Crippen molar-refractivity contribution < 1.29 is 14.9 Å². The van der Waals surface area contributed by atoms with Crippen LogP contribution in [0.15, 0.2) is 29.3 Å². The van der Waals surface area contributed by atoms with Gasteiger partial charge >= 0.3 is 0 Å². The minimum absolute atomic E-state index is 0.00157. The average Bonchev–Trinajstić information content (AvgIpc) is 2.67. The maximum absolute atomic E-state index is 9.08. The quantitative estimate of drug-likeness (QED) is 0.720. The Hall–Kier alpha value is -1.55. The largest absolute Gasteiger partial charge is 0.508 e. The predicted molar refractivity (Wildman–Crippen MR) is 51.5 cm³/mol. The van der Waals surface area contributed by atoms with E-state index in [0.29, 0.717) is 12.5 Å². The van der Waals surface area contributed by atoms with E-state index in [1.54, 1.807) is 24.3 Å². The highest BCUT2D eigenvalue weighted by Gasteiger charge is 2.18. The van der Waals surface area contributed by atoms with Crippen LogP contribution in [0.1, 0.15) is 5.56 Å². The number of aromatic hydroxyl groups is 1. The summed E-state index contributed by atoms with van der Waals surface area (Å²) in [7, 11) is 0. The molecule has 4 heteroatoms. The van der Waals surface area contributed by atoms with Crippen molar-refractivity contribution in [1.82, 2.24) is 0 Å².